The second-order valence-corrected chi connectivity index (χ2v) is 8.09. The first kappa shape index (κ1) is 27.6. The van der Waals surface area contributed by atoms with Crippen LogP contribution in [0.15, 0.2) is 42.6 Å². The third-order valence-electron chi connectivity index (χ3n) is 5.44. The molecule has 2 aromatic rings. The van der Waals surface area contributed by atoms with Crippen molar-refractivity contribution in [3.63, 3.8) is 0 Å². The van der Waals surface area contributed by atoms with Crippen molar-refractivity contribution in [2.45, 2.75) is 65.0 Å². The molecule has 1 heterocycles. The largest absolute Gasteiger partial charge is 0.493 e. The van der Waals surface area contributed by atoms with Gasteiger partial charge in [-0.3, -0.25) is 9.59 Å². The molecule has 2 rings (SSSR count). The SMILES string of the molecule is CCCC[C@H](c1ccccc1)[C@H](C)OC(=O)[C@H](C)NC(=O)c1nccc(OC)c1OCOC(C)=O. The number of pyridine rings is 1. The minimum atomic E-state index is -0.943. The molecule has 0 saturated carbocycles. The Labute approximate surface area is 206 Å². The Morgan fingerprint density at radius 2 is 1.80 bits per heavy atom. The van der Waals surface area contributed by atoms with E-state index in [9.17, 15) is 14.4 Å². The van der Waals surface area contributed by atoms with Gasteiger partial charge in [0.25, 0.3) is 5.91 Å². The molecule has 0 unspecified atom stereocenters. The standard InChI is InChI=1S/C26H34N2O7/c1-6-7-13-21(20-11-9-8-10-12-20)18(3)35-26(31)17(2)28-25(30)23-24(34-16-33-19(4)29)22(32-5)14-15-27-23/h8-12,14-15,17-18,21H,6-7,13,16H2,1-5H3,(H,28,30)/t17-,18-,21-/m0/s1. The summed E-state index contributed by atoms with van der Waals surface area (Å²) in [6.45, 7) is 6.33. The van der Waals surface area contributed by atoms with Crippen molar-refractivity contribution in [2.24, 2.45) is 0 Å². The number of hydrogen-bond acceptors (Lipinski definition) is 8. The Hall–Kier alpha value is -3.62. The molecule has 0 aliphatic rings. The van der Waals surface area contributed by atoms with Crippen LogP contribution in [0.5, 0.6) is 11.5 Å². The average molecular weight is 487 g/mol. The van der Waals surface area contributed by atoms with Gasteiger partial charge in [0.2, 0.25) is 6.79 Å². The lowest BCUT2D eigenvalue weighted by Gasteiger charge is -2.26. The molecule has 1 amide bonds. The first-order valence-corrected chi connectivity index (χ1v) is 11.6. The zero-order chi connectivity index (χ0) is 25.8. The molecule has 0 spiro atoms. The number of hydrogen-bond donors (Lipinski definition) is 1. The predicted octanol–water partition coefficient (Wildman–Crippen LogP) is 4.01. The fourth-order valence-electron chi connectivity index (χ4n) is 3.55. The Morgan fingerprint density at radius 1 is 1.09 bits per heavy atom. The third-order valence-corrected chi connectivity index (χ3v) is 5.44. The molecule has 0 aliphatic carbocycles. The summed E-state index contributed by atoms with van der Waals surface area (Å²) in [6, 6.07) is 10.5. The first-order chi connectivity index (χ1) is 16.8. The van der Waals surface area contributed by atoms with Crippen LogP contribution in [0.25, 0.3) is 0 Å². The molecule has 9 heteroatoms. The van der Waals surface area contributed by atoms with Gasteiger partial charge < -0.3 is 24.3 Å². The molecule has 1 aromatic heterocycles. The molecular weight excluding hydrogens is 452 g/mol. The zero-order valence-corrected chi connectivity index (χ0v) is 20.9. The van der Waals surface area contributed by atoms with Crippen molar-refractivity contribution in [1.29, 1.82) is 0 Å². The highest BCUT2D eigenvalue weighted by molar-refractivity contribution is 5.98. The van der Waals surface area contributed by atoms with Gasteiger partial charge in [-0.25, -0.2) is 9.78 Å². The number of aromatic nitrogens is 1. The summed E-state index contributed by atoms with van der Waals surface area (Å²) < 4.78 is 21.2. The van der Waals surface area contributed by atoms with Crippen LogP contribution in [0.1, 0.15) is 68.9 Å². The van der Waals surface area contributed by atoms with Gasteiger partial charge in [0.05, 0.1) is 7.11 Å². The van der Waals surface area contributed by atoms with E-state index >= 15 is 0 Å². The minimum Gasteiger partial charge on any atom is -0.493 e. The van der Waals surface area contributed by atoms with E-state index in [0.29, 0.717) is 0 Å². The van der Waals surface area contributed by atoms with Crippen LogP contribution in [-0.2, 0) is 19.1 Å². The van der Waals surface area contributed by atoms with Crippen molar-refractivity contribution < 1.29 is 33.3 Å². The lowest BCUT2D eigenvalue weighted by molar-refractivity contribution is -0.151. The summed E-state index contributed by atoms with van der Waals surface area (Å²) in [4.78, 5) is 40.8. The highest BCUT2D eigenvalue weighted by Gasteiger charge is 2.27. The van der Waals surface area contributed by atoms with Crippen molar-refractivity contribution in [3.05, 3.63) is 53.9 Å². The van der Waals surface area contributed by atoms with Gasteiger partial charge >= 0.3 is 11.9 Å². The molecule has 0 saturated heterocycles. The summed E-state index contributed by atoms with van der Waals surface area (Å²) in [7, 11) is 1.40. The number of esters is 2. The van der Waals surface area contributed by atoms with Gasteiger partial charge in [0, 0.05) is 25.1 Å². The fraction of sp³-hybridized carbons (Fsp3) is 0.462. The number of nitrogens with zero attached hydrogens (tertiary/aromatic N) is 1. The summed E-state index contributed by atoms with van der Waals surface area (Å²) in [5.74, 6) is -1.51. The Balaban J connectivity index is 2.08. The molecule has 1 aromatic carbocycles. The average Bonchev–Trinajstić information content (AvgIpc) is 2.84. The maximum Gasteiger partial charge on any atom is 0.328 e. The Kier molecular flexibility index (Phi) is 11.0. The quantitative estimate of drug-likeness (QED) is 0.334. The summed E-state index contributed by atoms with van der Waals surface area (Å²) in [5.41, 5.74) is 0.988. The molecule has 9 nitrogen and oxygen atoms in total. The van der Waals surface area contributed by atoms with Gasteiger partial charge in [-0.15, -0.1) is 0 Å². The van der Waals surface area contributed by atoms with Gasteiger partial charge in [0.15, 0.2) is 17.2 Å². The smallest absolute Gasteiger partial charge is 0.328 e. The lowest BCUT2D eigenvalue weighted by Crippen LogP contribution is -2.41. The van der Waals surface area contributed by atoms with Crippen molar-refractivity contribution in [3.8, 4) is 11.5 Å². The molecule has 0 bridgehead atoms. The molecular formula is C26H34N2O7. The van der Waals surface area contributed by atoms with Crippen LogP contribution in [0.4, 0.5) is 0 Å². The number of rotatable bonds is 13. The van der Waals surface area contributed by atoms with Gasteiger partial charge in [-0.05, 0) is 25.8 Å². The van der Waals surface area contributed by atoms with E-state index < -0.39 is 30.7 Å². The van der Waals surface area contributed by atoms with E-state index in [4.69, 9.17) is 18.9 Å². The van der Waals surface area contributed by atoms with Crippen LogP contribution in [0.2, 0.25) is 0 Å². The molecule has 0 fully saturated rings. The number of benzene rings is 1. The second kappa shape index (κ2) is 13.9. The molecule has 1 N–H and O–H groups in total. The van der Waals surface area contributed by atoms with E-state index in [-0.39, 0.29) is 29.2 Å². The number of methoxy groups -OCH3 is 1. The van der Waals surface area contributed by atoms with Crippen molar-refractivity contribution >= 4 is 17.8 Å². The highest BCUT2D eigenvalue weighted by atomic mass is 16.7. The topological polar surface area (TPSA) is 113 Å². The number of carbonyl (C=O) groups excluding carboxylic acids is 3. The second-order valence-electron chi connectivity index (χ2n) is 8.09. The van der Waals surface area contributed by atoms with Gasteiger partial charge in [0.1, 0.15) is 12.1 Å². The first-order valence-electron chi connectivity index (χ1n) is 11.6. The van der Waals surface area contributed by atoms with Gasteiger partial charge in [-0.1, -0.05) is 50.1 Å². The maximum atomic E-state index is 12.9. The van der Waals surface area contributed by atoms with Crippen molar-refractivity contribution in [2.75, 3.05) is 13.9 Å². The molecule has 0 radical (unpaired) electrons. The third kappa shape index (κ3) is 8.27. The van der Waals surface area contributed by atoms with E-state index in [0.717, 1.165) is 24.8 Å². The number of ether oxygens (including phenoxy) is 4. The zero-order valence-electron chi connectivity index (χ0n) is 20.9. The van der Waals surface area contributed by atoms with E-state index in [1.165, 1.54) is 33.2 Å². The summed E-state index contributed by atoms with van der Waals surface area (Å²) in [6.07, 6.45) is 3.91. The van der Waals surface area contributed by atoms with Crippen LogP contribution in [0, 0.1) is 0 Å². The molecule has 0 aliphatic heterocycles. The molecule has 35 heavy (non-hydrogen) atoms. The van der Waals surface area contributed by atoms with Crippen LogP contribution < -0.4 is 14.8 Å². The monoisotopic (exact) mass is 486 g/mol. The predicted molar refractivity (Wildman–Crippen MR) is 129 cm³/mol. The van der Waals surface area contributed by atoms with E-state index in [2.05, 4.69) is 17.2 Å². The lowest BCUT2D eigenvalue weighted by atomic mass is 9.89. The fourth-order valence-corrected chi connectivity index (χ4v) is 3.55. The normalized spacial score (nSPS) is 13.2. The highest BCUT2D eigenvalue weighted by Crippen LogP contribution is 2.30. The number of unbranched alkanes of at least 4 members (excludes halogenated alkanes) is 1. The van der Waals surface area contributed by atoms with Crippen molar-refractivity contribution in [1.82, 2.24) is 10.3 Å². The number of nitrogens with one attached hydrogen (secondary N) is 1. The minimum absolute atomic E-state index is 0.00797. The number of amides is 1. The Morgan fingerprint density at radius 3 is 2.43 bits per heavy atom. The van der Waals surface area contributed by atoms with Gasteiger partial charge in [-0.2, -0.15) is 0 Å². The van der Waals surface area contributed by atoms with Crippen LogP contribution in [-0.4, -0.2) is 48.9 Å². The number of carbonyl (C=O) groups is 3. The summed E-state index contributed by atoms with van der Waals surface area (Å²) in [5, 5.41) is 2.59. The van der Waals surface area contributed by atoms with Crippen LogP contribution in [0.3, 0.4) is 0 Å². The summed E-state index contributed by atoms with van der Waals surface area (Å²) >= 11 is 0. The maximum absolute atomic E-state index is 12.9. The van der Waals surface area contributed by atoms with Crippen LogP contribution >= 0.6 is 0 Å². The van der Waals surface area contributed by atoms with E-state index in [1.807, 2.05) is 37.3 Å². The Bertz CT molecular complexity index is 981. The molecule has 190 valence electrons. The van der Waals surface area contributed by atoms with E-state index in [1.54, 1.807) is 0 Å². The molecule has 3 atom stereocenters.